The number of benzene rings is 2. The van der Waals surface area contributed by atoms with Gasteiger partial charge in [0.25, 0.3) is 5.91 Å². The molecule has 0 spiro atoms. The molecule has 1 saturated heterocycles. The first kappa shape index (κ1) is 25.2. The monoisotopic (exact) mass is 513 g/mol. The standard InChI is InChI=1S/C28H27F4N3O2/c1-17-23(12-22(14-33-17)34-26(36)19-4-3-5-21(10-19)28(30,31)32)18-6-7-20-13-27(2,16-29)25-15-37-9-8-35(25)24(20)11-18/h3-7,10-12,14,25H,8-9,13,15-16H2,1-2H3,(H,34,36)/t25-,27-/m0/s1. The Morgan fingerprint density at radius 1 is 1.22 bits per heavy atom. The van der Waals surface area contributed by atoms with Gasteiger partial charge < -0.3 is 15.0 Å². The molecule has 194 valence electrons. The van der Waals surface area contributed by atoms with Gasteiger partial charge in [0.2, 0.25) is 0 Å². The second-order valence-corrected chi connectivity index (χ2v) is 9.98. The number of pyridine rings is 1. The smallest absolute Gasteiger partial charge is 0.377 e. The minimum atomic E-state index is -4.54. The van der Waals surface area contributed by atoms with Crippen LogP contribution in [0.15, 0.2) is 54.7 Å². The molecule has 3 heterocycles. The van der Waals surface area contributed by atoms with Crippen LogP contribution in [0.2, 0.25) is 0 Å². The molecule has 2 aliphatic heterocycles. The summed E-state index contributed by atoms with van der Waals surface area (Å²) in [6.07, 6.45) is -2.45. The fraction of sp³-hybridized carbons (Fsp3) is 0.357. The Bertz CT molecular complexity index is 1340. The maximum Gasteiger partial charge on any atom is 0.416 e. The van der Waals surface area contributed by atoms with E-state index in [4.69, 9.17) is 4.74 Å². The summed E-state index contributed by atoms with van der Waals surface area (Å²) in [5.74, 6) is -0.658. The van der Waals surface area contributed by atoms with Crippen molar-refractivity contribution in [2.75, 3.05) is 36.6 Å². The van der Waals surface area contributed by atoms with Crippen molar-refractivity contribution >= 4 is 17.3 Å². The van der Waals surface area contributed by atoms with Crippen LogP contribution < -0.4 is 10.2 Å². The summed E-state index contributed by atoms with van der Waals surface area (Å²) < 4.78 is 59.0. The lowest BCUT2D eigenvalue weighted by atomic mass is 9.73. The number of carbonyl (C=O) groups is 1. The van der Waals surface area contributed by atoms with Gasteiger partial charge in [-0.15, -0.1) is 0 Å². The normalized spacial score (nSPS) is 21.2. The fourth-order valence-electron chi connectivity index (χ4n) is 5.24. The SMILES string of the molecule is Cc1ncc(NC(=O)c2cccc(C(F)(F)F)c2)cc1-c1ccc2c(c1)N1CCOC[C@H]1[C@](C)(CF)C2. The summed E-state index contributed by atoms with van der Waals surface area (Å²) in [4.78, 5) is 19.3. The molecule has 0 radical (unpaired) electrons. The molecule has 0 saturated carbocycles. The number of amides is 1. The summed E-state index contributed by atoms with van der Waals surface area (Å²) in [5, 5.41) is 2.66. The third kappa shape index (κ3) is 4.80. The molecule has 1 aromatic heterocycles. The largest absolute Gasteiger partial charge is 0.416 e. The van der Waals surface area contributed by atoms with Crippen LogP contribution in [-0.4, -0.2) is 43.4 Å². The van der Waals surface area contributed by atoms with Crippen molar-refractivity contribution < 1.29 is 27.1 Å². The number of ether oxygens (including phenoxy) is 1. The first-order valence-corrected chi connectivity index (χ1v) is 12.1. The Kier molecular flexibility index (Phi) is 6.43. The van der Waals surface area contributed by atoms with Gasteiger partial charge in [-0.25, -0.2) is 0 Å². The summed E-state index contributed by atoms with van der Waals surface area (Å²) in [7, 11) is 0. The van der Waals surface area contributed by atoms with Crippen molar-refractivity contribution in [1.29, 1.82) is 0 Å². The number of alkyl halides is 4. The quantitative estimate of drug-likeness (QED) is 0.431. The molecule has 0 bridgehead atoms. The minimum absolute atomic E-state index is 0.0636. The number of anilines is 2. The van der Waals surface area contributed by atoms with E-state index in [0.29, 0.717) is 31.9 Å². The molecule has 2 aromatic carbocycles. The van der Waals surface area contributed by atoms with E-state index in [0.717, 1.165) is 40.2 Å². The summed E-state index contributed by atoms with van der Waals surface area (Å²) in [6.45, 7) is 5.09. The number of fused-ring (bicyclic) bond motifs is 3. The van der Waals surface area contributed by atoms with Crippen molar-refractivity contribution in [3.8, 4) is 11.1 Å². The zero-order chi connectivity index (χ0) is 26.4. The van der Waals surface area contributed by atoms with Gasteiger partial charge in [0, 0.05) is 34.5 Å². The molecular formula is C28H27F4N3O2. The highest BCUT2D eigenvalue weighted by molar-refractivity contribution is 6.04. The van der Waals surface area contributed by atoms with Crippen LogP contribution in [0, 0.1) is 12.3 Å². The number of rotatable bonds is 4. The molecule has 2 atom stereocenters. The number of hydrogen-bond donors (Lipinski definition) is 1. The van der Waals surface area contributed by atoms with Crippen LogP contribution in [-0.2, 0) is 17.3 Å². The highest BCUT2D eigenvalue weighted by atomic mass is 19.4. The maximum atomic E-state index is 14.1. The van der Waals surface area contributed by atoms with Crippen molar-refractivity contribution in [2.45, 2.75) is 32.5 Å². The van der Waals surface area contributed by atoms with Gasteiger partial charge in [0.1, 0.15) is 0 Å². The molecule has 1 N–H and O–H groups in total. The van der Waals surface area contributed by atoms with E-state index in [-0.39, 0.29) is 11.6 Å². The highest BCUT2D eigenvalue weighted by Gasteiger charge is 2.45. The maximum absolute atomic E-state index is 14.1. The summed E-state index contributed by atoms with van der Waals surface area (Å²) >= 11 is 0. The van der Waals surface area contributed by atoms with Crippen molar-refractivity contribution in [2.24, 2.45) is 5.41 Å². The van der Waals surface area contributed by atoms with Gasteiger partial charge in [-0.1, -0.05) is 25.1 Å². The molecule has 5 rings (SSSR count). The second kappa shape index (κ2) is 9.45. The molecule has 37 heavy (non-hydrogen) atoms. The number of nitrogens with zero attached hydrogens (tertiary/aromatic N) is 2. The van der Waals surface area contributed by atoms with E-state index in [9.17, 15) is 22.4 Å². The Morgan fingerprint density at radius 2 is 2.03 bits per heavy atom. The van der Waals surface area contributed by atoms with Gasteiger partial charge in [-0.05, 0) is 54.8 Å². The van der Waals surface area contributed by atoms with E-state index >= 15 is 0 Å². The number of morpholine rings is 1. The average Bonchev–Trinajstić information content (AvgIpc) is 2.89. The van der Waals surface area contributed by atoms with Crippen LogP contribution >= 0.6 is 0 Å². The van der Waals surface area contributed by atoms with E-state index in [1.54, 1.807) is 6.07 Å². The number of halogens is 4. The Balaban J connectivity index is 1.45. The lowest BCUT2D eigenvalue weighted by Gasteiger charge is -2.51. The van der Waals surface area contributed by atoms with Crippen LogP contribution in [0.25, 0.3) is 11.1 Å². The lowest BCUT2D eigenvalue weighted by molar-refractivity contribution is -0.137. The molecule has 1 fully saturated rings. The lowest BCUT2D eigenvalue weighted by Crippen LogP contribution is -2.58. The van der Waals surface area contributed by atoms with E-state index in [1.807, 2.05) is 26.0 Å². The zero-order valence-electron chi connectivity index (χ0n) is 20.5. The highest BCUT2D eigenvalue weighted by Crippen LogP contribution is 2.44. The Labute approximate surface area is 212 Å². The number of aromatic nitrogens is 1. The first-order valence-electron chi connectivity index (χ1n) is 12.1. The van der Waals surface area contributed by atoms with Crippen molar-refractivity contribution in [3.05, 3.63) is 77.1 Å². The number of nitrogens with one attached hydrogen (secondary N) is 1. The predicted octanol–water partition coefficient (Wildman–Crippen LogP) is 6.07. The van der Waals surface area contributed by atoms with Crippen molar-refractivity contribution in [3.63, 3.8) is 0 Å². The molecule has 2 aliphatic rings. The van der Waals surface area contributed by atoms with Crippen LogP contribution in [0.4, 0.5) is 28.9 Å². The molecule has 5 nitrogen and oxygen atoms in total. The summed E-state index contributed by atoms with van der Waals surface area (Å²) in [6, 6.07) is 12.0. The Hall–Kier alpha value is -3.46. The fourth-order valence-corrected chi connectivity index (χ4v) is 5.24. The van der Waals surface area contributed by atoms with Gasteiger partial charge >= 0.3 is 6.18 Å². The molecule has 1 amide bonds. The van der Waals surface area contributed by atoms with Gasteiger partial charge in [0.15, 0.2) is 0 Å². The van der Waals surface area contributed by atoms with Gasteiger partial charge in [-0.2, -0.15) is 13.2 Å². The number of carbonyl (C=O) groups excluding carboxylic acids is 1. The predicted molar refractivity (Wildman–Crippen MR) is 134 cm³/mol. The molecule has 9 heteroatoms. The number of hydrogen-bond acceptors (Lipinski definition) is 4. The zero-order valence-corrected chi connectivity index (χ0v) is 20.5. The number of aryl methyl sites for hydroxylation is 1. The van der Waals surface area contributed by atoms with Crippen LogP contribution in [0.3, 0.4) is 0 Å². The van der Waals surface area contributed by atoms with Gasteiger partial charge in [0.05, 0.1) is 43.4 Å². The topological polar surface area (TPSA) is 54.5 Å². The first-order chi connectivity index (χ1) is 17.6. The second-order valence-electron chi connectivity index (χ2n) is 9.98. The minimum Gasteiger partial charge on any atom is -0.377 e. The molecular weight excluding hydrogens is 486 g/mol. The molecule has 0 aliphatic carbocycles. The van der Waals surface area contributed by atoms with Crippen LogP contribution in [0.5, 0.6) is 0 Å². The Morgan fingerprint density at radius 3 is 2.78 bits per heavy atom. The average molecular weight is 514 g/mol. The third-order valence-corrected chi connectivity index (χ3v) is 7.34. The summed E-state index contributed by atoms with van der Waals surface area (Å²) in [5.41, 5.74) is 3.37. The van der Waals surface area contributed by atoms with Crippen molar-refractivity contribution in [1.82, 2.24) is 4.98 Å². The van der Waals surface area contributed by atoms with E-state index < -0.39 is 29.7 Å². The molecule has 3 aromatic rings. The van der Waals surface area contributed by atoms with E-state index in [2.05, 4.69) is 21.3 Å². The van der Waals surface area contributed by atoms with Gasteiger partial charge in [-0.3, -0.25) is 14.2 Å². The molecule has 0 unspecified atom stereocenters. The third-order valence-electron chi connectivity index (χ3n) is 7.34. The van der Waals surface area contributed by atoms with E-state index in [1.165, 1.54) is 18.3 Å². The van der Waals surface area contributed by atoms with Crippen LogP contribution in [0.1, 0.15) is 34.1 Å².